The first kappa shape index (κ1) is 18.6. The van der Waals surface area contributed by atoms with Gasteiger partial charge in [-0.15, -0.1) is 0 Å². The largest absolute Gasteiger partial charge is 0.393 e. The highest BCUT2D eigenvalue weighted by Crippen LogP contribution is 2.32. The van der Waals surface area contributed by atoms with Gasteiger partial charge in [-0.2, -0.15) is 0 Å². The molecule has 1 fully saturated rings. The third kappa shape index (κ3) is 3.76. The van der Waals surface area contributed by atoms with E-state index in [2.05, 4.69) is 90.6 Å². The summed E-state index contributed by atoms with van der Waals surface area (Å²) in [6.07, 6.45) is 12.1. The normalized spacial score (nSPS) is 23.1. The number of hydrogen-bond donors (Lipinski definition) is 2. The summed E-state index contributed by atoms with van der Waals surface area (Å²) < 4.78 is 0. The molecule has 2 aromatic carbocycles. The van der Waals surface area contributed by atoms with Gasteiger partial charge in [-0.25, -0.2) is 0 Å². The van der Waals surface area contributed by atoms with Gasteiger partial charge >= 0.3 is 0 Å². The van der Waals surface area contributed by atoms with Crippen molar-refractivity contribution in [3.8, 4) is 0 Å². The zero-order valence-electron chi connectivity index (χ0n) is 16.4. The molecule has 1 saturated carbocycles. The van der Waals surface area contributed by atoms with Gasteiger partial charge in [0.25, 0.3) is 0 Å². The molecule has 0 bridgehead atoms. The van der Waals surface area contributed by atoms with Crippen LogP contribution in [0.25, 0.3) is 16.5 Å². The molecule has 1 aliphatic heterocycles. The SMILES string of the molecule is C=C1C=CC(NC2CCC(O)CC2)=CN1/C(=C\C)c1cccc2ccccc12. The van der Waals surface area contributed by atoms with E-state index in [1.54, 1.807) is 0 Å². The van der Waals surface area contributed by atoms with Crippen LogP contribution in [0.15, 0.2) is 84.9 Å². The first-order chi connectivity index (χ1) is 13.7. The second-order valence-corrected chi connectivity index (χ2v) is 7.63. The van der Waals surface area contributed by atoms with Gasteiger partial charge in [0.05, 0.1) is 11.8 Å². The maximum absolute atomic E-state index is 9.74. The summed E-state index contributed by atoms with van der Waals surface area (Å²) in [5, 5.41) is 15.9. The van der Waals surface area contributed by atoms with Crippen LogP contribution in [-0.2, 0) is 0 Å². The number of nitrogens with one attached hydrogen (secondary N) is 1. The Labute approximate surface area is 167 Å². The Bertz CT molecular complexity index is 956. The predicted molar refractivity (Wildman–Crippen MR) is 117 cm³/mol. The molecule has 0 spiro atoms. The minimum atomic E-state index is -0.133. The van der Waals surface area contributed by atoms with Crippen molar-refractivity contribution in [2.24, 2.45) is 0 Å². The highest BCUT2D eigenvalue weighted by molar-refractivity contribution is 5.94. The van der Waals surface area contributed by atoms with Crippen LogP contribution in [0.4, 0.5) is 0 Å². The molecule has 0 unspecified atom stereocenters. The van der Waals surface area contributed by atoms with Crippen molar-refractivity contribution < 1.29 is 5.11 Å². The van der Waals surface area contributed by atoms with E-state index < -0.39 is 0 Å². The van der Waals surface area contributed by atoms with E-state index in [1.165, 1.54) is 16.3 Å². The van der Waals surface area contributed by atoms with Crippen LogP contribution in [0, 0.1) is 0 Å². The molecule has 28 heavy (non-hydrogen) atoms. The van der Waals surface area contributed by atoms with Crippen molar-refractivity contribution >= 4 is 16.5 Å². The van der Waals surface area contributed by atoms with Crippen molar-refractivity contribution in [2.75, 3.05) is 0 Å². The van der Waals surface area contributed by atoms with Crippen LogP contribution in [0.1, 0.15) is 38.2 Å². The van der Waals surface area contributed by atoms with Gasteiger partial charge in [0.1, 0.15) is 0 Å². The number of allylic oxidation sites excluding steroid dienone is 3. The summed E-state index contributed by atoms with van der Waals surface area (Å²) in [6.45, 7) is 6.33. The van der Waals surface area contributed by atoms with Crippen LogP contribution >= 0.6 is 0 Å². The predicted octanol–water partition coefficient (Wildman–Crippen LogP) is 5.32. The second kappa shape index (κ2) is 8.07. The highest BCUT2D eigenvalue weighted by atomic mass is 16.3. The minimum absolute atomic E-state index is 0.133. The zero-order chi connectivity index (χ0) is 19.5. The fraction of sp³-hybridized carbons (Fsp3) is 0.280. The summed E-state index contributed by atoms with van der Waals surface area (Å²) in [4.78, 5) is 2.17. The highest BCUT2D eigenvalue weighted by Gasteiger charge is 2.21. The molecule has 0 aromatic heterocycles. The fourth-order valence-electron chi connectivity index (χ4n) is 4.17. The number of nitrogens with zero attached hydrogens (tertiary/aromatic N) is 1. The number of hydrogen-bond acceptors (Lipinski definition) is 3. The molecule has 4 rings (SSSR count). The first-order valence-corrected chi connectivity index (χ1v) is 10.1. The molecule has 0 radical (unpaired) electrons. The summed E-state index contributed by atoms with van der Waals surface area (Å²) in [5.41, 5.74) is 4.37. The van der Waals surface area contributed by atoms with Crippen LogP contribution in [0.3, 0.4) is 0 Å². The molecule has 1 heterocycles. The lowest BCUT2D eigenvalue weighted by Crippen LogP contribution is -2.35. The molecule has 2 aromatic rings. The van der Waals surface area contributed by atoms with E-state index in [0.717, 1.165) is 42.8 Å². The summed E-state index contributed by atoms with van der Waals surface area (Å²) >= 11 is 0. The minimum Gasteiger partial charge on any atom is -0.393 e. The molecule has 2 N–H and O–H groups in total. The number of aliphatic hydroxyl groups excluding tert-OH is 1. The van der Waals surface area contributed by atoms with E-state index in [-0.39, 0.29) is 6.10 Å². The molecule has 3 heteroatoms. The standard InChI is InChI=1S/C25H28N2O/c1-3-25(24-10-6-8-19-7-4-5-9-23(19)24)27-17-21(12-11-18(27)2)26-20-13-15-22(28)16-14-20/h3-12,17,20,22,26,28H,2,13-16H2,1H3/b25-3-. The van der Waals surface area contributed by atoms with Crippen molar-refractivity contribution in [3.05, 3.63) is 90.4 Å². The van der Waals surface area contributed by atoms with E-state index in [1.807, 2.05) is 0 Å². The van der Waals surface area contributed by atoms with Crippen LogP contribution < -0.4 is 5.32 Å². The molecular formula is C25H28N2O. The summed E-state index contributed by atoms with van der Waals surface area (Å²) in [6, 6.07) is 15.3. The lowest BCUT2D eigenvalue weighted by molar-refractivity contribution is 0.119. The van der Waals surface area contributed by atoms with E-state index >= 15 is 0 Å². The summed E-state index contributed by atoms with van der Waals surface area (Å²) in [7, 11) is 0. The topological polar surface area (TPSA) is 35.5 Å². The average molecular weight is 373 g/mol. The van der Waals surface area contributed by atoms with Gasteiger partial charge in [-0.05, 0) is 55.5 Å². The fourth-order valence-corrected chi connectivity index (χ4v) is 4.17. The van der Waals surface area contributed by atoms with Gasteiger partial charge in [0.15, 0.2) is 0 Å². The van der Waals surface area contributed by atoms with Crippen LogP contribution in [0.2, 0.25) is 0 Å². The lowest BCUT2D eigenvalue weighted by Gasteiger charge is -2.32. The molecular weight excluding hydrogens is 344 g/mol. The number of fused-ring (bicyclic) bond motifs is 1. The van der Waals surface area contributed by atoms with Crippen molar-refractivity contribution in [3.63, 3.8) is 0 Å². The molecule has 1 aliphatic carbocycles. The third-order valence-electron chi connectivity index (χ3n) is 5.70. The van der Waals surface area contributed by atoms with Gasteiger partial charge in [0.2, 0.25) is 0 Å². The van der Waals surface area contributed by atoms with Crippen LogP contribution in [-0.4, -0.2) is 22.2 Å². The monoisotopic (exact) mass is 372 g/mol. The number of benzene rings is 2. The molecule has 0 atom stereocenters. The Morgan fingerprint density at radius 3 is 2.61 bits per heavy atom. The Hall–Kier alpha value is -2.78. The Morgan fingerprint density at radius 2 is 1.82 bits per heavy atom. The quantitative estimate of drug-likeness (QED) is 0.762. The molecule has 144 valence electrons. The molecule has 3 nitrogen and oxygen atoms in total. The smallest absolute Gasteiger partial charge is 0.0541 e. The molecule has 2 aliphatic rings. The van der Waals surface area contributed by atoms with Gasteiger partial charge in [-0.1, -0.05) is 55.1 Å². The lowest BCUT2D eigenvalue weighted by atomic mass is 9.93. The Morgan fingerprint density at radius 1 is 1.07 bits per heavy atom. The van der Waals surface area contributed by atoms with Gasteiger partial charge < -0.3 is 15.3 Å². The Balaban J connectivity index is 1.63. The van der Waals surface area contributed by atoms with Gasteiger partial charge in [0, 0.05) is 29.2 Å². The van der Waals surface area contributed by atoms with E-state index in [4.69, 9.17) is 0 Å². The first-order valence-electron chi connectivity index (χ1n) is 10.1. The average Bonchev–Trinajstić information content (AvgIpc) is 2.72. The van der Waals surface area contributed by atoms with Crippen LogP contribution in [0.5, 0.6) is 0 Å². The zero-order valence-corrected chi connectivity index (χ0v) is 16.4. The van der Waals surface area contributed by atoms with Crippen molar-refractivity contribution in [1.29, 1.82) is 0 Å². The van der Waals surface area contributed by atoms with E-state index in [0.29, 0.717) is 6.04 Å². The van der Waals surface area contributed by atoms with Gasteiger partial charge in [-0.3, -0.25) is 0 Å². The third-order valence-corrected chi connectivity index (χ3v) is 5.70. The number of aliphatic hydroxyl groups is 1. The molecule has 0 amide bonds. The van der Waals surface area contributed by atoms with E-state index in [9.17, 15) is 5.11 Å². The maximum Gasteiger partial charge on any atom is 0.0541 e. The number of rotatable bonds is 4. The maximum atomic E-state index is 9.74. The Kier molecular flexibility index (Phi) is 5.36. The van der Waals surface area contributed by atoms with Crippen molar-refractivity contribution in [2.45, 2.75) is 44.8 Å². The summed E-state index contributed by atoms with van der Waals surface area (Å²) in [5.74, 6) is 0. The van der Waals surface area contributed by atoms with Crippen molar-refractivity contribution in [1.82, 2.24) is 10.2 Å². The molecule has 0 saturated heterocycles. The second-order valence-electron chi connectivity index (χ2n) is 7.63.